The summed E-state index contributed by atoms with van der Waals surface area (Å²) in [5.41, 5.74) is -3.03. The molecule has 0 bridgehead atoms. The lowest BCUT2D eigenvalue weighted by molar-refractivity contribution is -0.226. The smallest absolute Gasteiger partial charge is 0.234 e. The third-order valence-electron chi connectivity index (χ3n) is 1.87. The van der Waals surface area contributed by atoms with E-state index in [9.17, 15) is 17.6 Å². The summed E-state index contributed by atoms with van der Waals surface area (Å²) in [6.45, 7) is 0.598. The van der Waals surface area contributed by atoms with E-state index in [1.807, 2.05) is 0 Å². The van der Waals surface area contributed by atoms with E-state index in [1.165, 1.54) is 0 Å². The van der Waals surface area contributed by atoms with Crippen LogP contribution in [0.4, 0.5) is 17.6 Å². The summed E-state index contributed by atoms with van der Waals surface area (Å²) in [4.78, 5) is 0. The van der Waals surface area contributed by atoms with E-state index < -0.39 is 18.3 Å². The largest absolute Gasteiger partial charge is 0.422 e. The molecule has 0 aliphatic heterocycles. The molecule has 13 heavy (non-hydrogen) atoms. The summed E-state index contributed by atoms with van der Waals surface area (Å²) in [5, 5.41) is 0.752. The highest BCUT2D eigenvalue weighted by molar-refractivity contribution is 9.09. The van der Waals surface area contributed by atoms with Gasteiger partial charge in [0, 0.05) is 5.33 Å². The maximum atomic E-state index is 12.9. The molecule has 0 N–H and O–H groups in total. The number of unbranched alkanes of at least 4 members (excludes halogenated alkanes) is 2. The van der Waals surface area contributed by atoms with Gasteiger partial charge in [0.2, 0.25) is 5.67 Å². The van der Waals surface area contributed by atoms with Gasteiger partial charge in [-0.3, -0.25) is 0 Å². The van der Waals surface area contributed by atoms with Crippen LogP contribution in [0.3, 0.4) is 0 Å². The zero-order chi connectivity index (χ0) is 10.5. The zero-order valence-electron chi connectivity index (χ0n) is 7.43. The number of halogens is 5. The molecule has 1 atom stereocenters. The number of hydrogen-bond donors (Lipinski definition) is 0. The molecular weight excluding hydrogens is 252 g/mol. The Hall–Kier alpha value is 0.200. The van der Waals surface area contributed by atoms with Crippen LogP contribution in [0, 0.1) is 0 Å². The first-order valence-electron chi connectivity index (χ1n) is 4.13. The maximum absolute atomic E-state index is 12.9. The zero-order valence-corrected chi connectivity index (χ0v) is 9.01. The van der Waals surface area contributed by atoms with E-state index in [0.717, 1.165) is 11.8 Å². The van der Waals surface area contributed by atoms with Crippen molar-refractivity contribution in [1.29, 1.82) is 0 Å². The predicted octanol–water partition coefficient (Wildman–Crippen LogP) is 4.23. The quantitative estimate of drug-likeness (QED) is 0.396. The fourth-order valence-corrected chi connectivity index (χ4v) is 1.27. The lowest BCUT2D eigenvalue weighted by Crippen LogP contribution is -2.37. The van der Waals surface area contributed by atoms with Crippen LogP contribution >= 0.6 is 15.9 Å². The molecule has 0 amide bonds. The molecule has 1 unspecified atom stereocenters. The highest BCUT2D eigenvalue weighted by Crippen LogP contribution is 2.37. The Balaban J connectivity index is 3.77. The van der Waals surface area contributed by atoms with E-state index >= 15 is 0 Å². The van der Waals surface area contributed by atoms with Gasteiger partial charge in [0.15, 0.2) is 0 Å². The second-order valence-corrected chi connectivity index (χ2v) is 3.99. The van der Waals surface area contributed by atoms with Gasteiger partial charge in [-0.05, 0) is 26.2 Å². The van der Waals surface area contributed by atoms with E-state index in [4.69, 9.17) is 0 Å². The molecule has 0 aliphatic rings. The Labute approximate surface area is 83.8 Å². The van der Waals surface area contributed by atoms with E-state index in [1.54, 1.807) is 0 Å². The van der Waals surface area contributed by atoms with Gasteiger partial charge in [-0.1, -0.05) is 22.4 Å². The topological polar surface area (TPSA) is 0 Å². The summed E-state index contributed by atoms with van der Waals surface area (Å²) in [7, 11) is 0. The van der Waals surface area contributed by atoms with Crippen molar-refractivity contribution in [2.24, 2.45) is 0 Å². The lowest BCUT2D eigenvalue weighted by atomic mass is 10.00. The minimum Gasteiger partial charge on any atom is -0.234 e. The Morgan fingerprint density at radius 1 is 1.00 bits per heavy atom. The fourth-order valence-electron chi connectivity index (χ4n) is 0.870. The molecule has 0 saturated carbocycles. The number of hydrogen-bond acceptors (Lipinski definition) is 0. The second-order valence-electron chi connectivity index (χ2n) is 3.19. The summed E-state index contributed by atoms with van der Waals surface area (Å²) >= 11 is 3.15. The van der Waals surface area contributed by atoms with Gasteiger partial charge >= 0.3 is 6.18 Å². The Kier molecular flexibility index (Phi) is 5.25. The third-order valence-corrected chi connectivity index (χ3v) is 2.43. The van der Waals surface area contributed by atoms with Crippen LogP contribution in [0.5, 0.6) is 0 Å². The van der Waals surface area contributed by atoms with Crippen molar-refractivity contribution in [3.8, 4) is 0 Å². The van der Waals surface area contributed by atoms with Crippen LogP contribution in [0.1, 0.15) is 32.6 Å². The molecule has 0 spiro atoms. The Morgan fingerprint density at radius 3 is 1.92 bits per heavy atom. The maximum Gasteiger partial charge on any atom is 0.422 e. The van der Waals surface area contributed by atoms with Crippen molar-refractivity contribution in [2.45, 2.75) is 44.5 Å². The van der Waals surface area contributed by atoms with E-state index in [-0.39, 0.29) is 6.42 Å². The molecule has 0 heterocycles. The summed E-state index contributed by atoms with van der Waals surface area (Å²) in [5.74, 6) is 0. The van der Waals surface area contributed by atoms with Crippen LogP contribution in [-0.4, -0.2) is 17.2 Å². The number of alkyl halides is 5. The first-order chi connectivity index (χ1) is 5.81. The fraction of sp³-hybridized carbons (Fsp3) is 1.00. The van der Waals surface area contributed by atoms with Gasteiger partial charge in [0.05, 0.1) is 0 Å². The standard InChI is InChI=1S/C8H13BrF4/c1-7(10,8(11,12)13)5-3-2-4-6-9/h2-6H2,1H3. The average molecular weight is 265 g/mol. The summed E-state index contributed by atoms with van der Waals surface area (Å²) < 4.78 is 48.8. The summed E-state index contributed by atoms with van der Waals surface area (Å²) in [6.07, 6.45) is -3.49. The summed E-state index contributed by atoms with van der Waals surface area (Å²) in [6, 6.07) is 0. The van der Waals surface area contributed by atoms with Gasteiger partial charge in [-0.25, -0.2) is 4.39 Å². The van der Waals surface area contributed by atoms with E-state index in [2.05, 4.69) is 15.9 Å². The van der Waals surface area contributed by atoms with Gasteiger partial charge < -0.3 is 0 Å². The van der Waals surface area contributed by atoms with Crippen molar-refractivity contribution in [2.75, 3.05) is 5.33 Å². The molecule has 0 rings (SSSR count). The highest BCUT2D eigenvalue weighted by Gasteiger charge is 2.51. The van der Waals surface area contributed by atoms with Crippen molar-refractivity contribution in [3.63, 3.8) is 0 Å². The normalized spacial score (nSPS) is 17.1. The molecule has 0 aromatic rings. The minimum absolute atomic E-state index is 0.276. The van der Waals surface area contributed by atoms with Gasteiger partial charge in [0.1, 0.15) is 0 Å². The van der Waals surface area contributed by atoms with Gasteiger partial charge in [-0.15, -0.1) is 0 Å². The molecule has 0 aliphatic carbocycles. The van der Waals surface area contributed by atoms with Crippen LogP contribution < -0.4 is 0 Å². The molecule has 0 radical (unpaired) electrons. The lowest BCUT2D eigenvalue weighted by Gasteiger charge is -2.23. The first kappa shape index (κ1) is 13.2. The molecule has 0 fully saturated rings. The van der Waals surface area contributed by atoms with Crippen molar-refractivity contribution in [3.05, 3.63) is 0 Å². The van der Waals surface area contributed by atoms with Crippen LogP contribution in [-0.2, 0) is 0 Å². The molecule has 80 valence electrons. The molecule has 0 nitrogen and oxygen atoms in total. The Morgan fingerprint density at radius 2 is 1.54 bits per heavy atom. The second kappa shape index (κ2) is 5.17. The first-order valence-corrected chi connectivity index (χ1v) is 5.25. The van der Waals surface area contributed by atoms with Gasteiger partial charge in [0.25, 0.3) is 0 Å². The molecular formula is C8H13BrF4. The molecule has 0 aromatic heterocycles. The van der Waals surface area contributed by atoms with Crippen LogP contribution in [0.2, 0.25) is 0 Å². The van der Waals surface area contributed by atoms with Crippen LogP contribution in [0.25, 0.3) is 0 Å². The molecule has 5 heteroatoms. The van der Waals surface area contributed by atoms with Crippen LogP contribution in [0.15, 0.2) is 0 Å². The van der Waals surface area contributed by atoms with Gasteiger partial charge in [-0.2, -0.15) is 13.2 Å². The van der Waals surface area contributed by atoms with Crippen molar-refractivity contribution in [1.82, 2.24) is 0 Å². The Bertz CT molecular complexity index is 142. The van der Waals surface area contributed by atoms with E-state index in [0.29, 0.717) is 13.3 Å². The monoisotopic (exact) mass is 264 g/mol. The third kappa shape index (κ3) is 4.84. The van der Waals surface area contributed by atoms with Crippen molar-refractivity contribution >= 4 is 15.9 Å². The highest BCUT2D eigenvalue weighted by atomic mass is 79.9. The minimum atomic E-state index is -4.73. The molecule has 0 aromatic carbocycles. The number of rotatable bonds is 5. The molecule has 0 saturated heterocycles. The SMILES string of the molecule is CC(F)(CCCCCBr)C(F)(F)F. The van der Waals surface area contributed by atoms with Crippen molar-refractivity contribution < 1.29 is 17.6 Å². The predicted molar refractivity (Wildman–Crippen MR) is 47.8 cm³/mol. The average Bonchev–Trinajstić information content (AvgIpc) is 1.96.